The summed E-state index contributed by atoms with van der Waals surface area (Å²) >= 11 is 2.18. The van der Waals surface area contributed by atoms with Crippen molar-refractivity contribution in [3.05, 3.63) is 87.9 Å². The number of carbonyl (C=O) groups excluding carboxylic acids is 2. The lowest BCUT2D eigenvalue weighted by Crippen LogP contribution is -2.37. The fourth-order valence-corrected chi connectivity index (χ4v) is 2.82. The normalized spacial score (nSPS) is 10.3. The van der Waals surface area contributed by atoms with Gasteiger partial charge in [-0.3, -0.25) is 9.59 Å². The number of anilines is 1. The predicted molar refractivity (Wildman–Crippen MR) is 108 cm³/mol. The van der Waals surface area contributed by atoms with E-state index in [4.69, 9.17) is 4.42 Å². The topological polar surface area (TPSA) is 62.6 Å². The van der Waals surface area contributed by atoms with Gasteiger partial charge in [0.15, 0.2) is 0 Å². The van der Waals surface area contributed by atoms with Crippen LogP contribution in [0.1, 0.15) is 16.1 Å². The van der Waals surface area contributed by atoms with Crippen molar-refractivity contribution in [3.63, 3.8) is 0 Å². The molecule has 26 heavy (non-hydrogen) atoms. The Morgan fingerprint density at radius 1 is 0.962 bits per heavy atom. The Morgan fingerprint density at radius 2 is 1.69 bits per heavy atom. The Bertz CT molecular complexity index is 862. The molecule has 3 aromatic rings. The summed E-state index contributed by atoms with van der Waals surface area (Å²) in [7, 11) is 0. The van der Waals surface area contributed by atoms with Crippen LogP contribution in [0.15, 0.2) is 77.4 Å². The van der Waals surface area contributed by atoms with Crippen LogP contribution in [-0.2, 0) is 11.3 Å². The lowest BCUT2D eigenvalue weighted by molar-refractivity contribution is -0.117. The average molecular weight is 460 g/mol. The lowest BCUT2D eigenvalue weighted by Gasteiger charge is -2.21. The van der Waals surface area contributed by atoms with Gasteiger partial charge in [0.25, 0.3) is 5.91 Å². The van der Waals surface area contributed by atoms with Gasteiger partial charge in [0.05, 0.1) is 12.8 Å². The first kappa shape index (κ1) is 18.2. The molecule has 0 aliphatic heterocycles. The molecule has 3 rings (SSSR count). The largest absolute Gasteiger partial charge is 0.467 e. The minimum Gasteiger partial charge on any atom is -0.467 e. The molecule has 0 aliphatic rings. The van der Waals surface area contributed by atoms with Crippen molar-refractivity contribution in [1.82, 2.24) is 4.90 Å². The Kier molecular flexibility index (Phi) is 6.06. The van der Waals surface area contributed by atoms with Crippen LogP contribution in [0.4, 0.5) is 5.69 Å². The van der Waals surface area contributed by atoms with Crippen LogP contribution in [0.5, 0.6) is 0 Å². The second-order valence-electron chi connectivity index (χ2n) is 5.66. The van der Waals surface area contributed by atoms with Gasteiger partial charge in [-0.25, -0.2) is 0 Å². The average Bonchev–Trinajstić information content (AvgIpc) is 3.15. The van der Waals surface area contributed by atoms with Crippen molar-refractivity contribution < 1.29 is 14.0 Å². The fourth-order valence-electron chi connectivity index (χ4n) is 2.46. The highest BCUT2D eigenvalue weighted by molar-refractivity contribution is 14.1. The first-order valence-electron chi connectivity index (χ1n) is 8.04. The second-order valence-corrected chi connectivity index (χ2v) is 6.91. The summed E-state index contributed by atoms with van der Waals surface area (Å²) in [6.07, 6.45) is 1.55. The van der Waals surface area contributed by atoms with Gasteiger partial charge in [-0.15, -0.1) is 0 Å². The minimum absolute atomic E-state index is 0.0690. The number of nitrogens with zero attached hydrogens (tertiary/aromatic N) is 1. The van der Waals surface area contributed by atoms with Crippen LogP contribution in [0.3, 0.4) is 0 Å². The zero-order chi connectivity index (χ0) is 18.4. The first-order valence-corrected chi connectivity index (χ1v) is 9.12. The summed E-state index contributed by atoms with van der Waals surface area (Å²) < 4.78 is 6.38. The summed E-state index contributed by atoms with van der Waals surface area (Å²) in [4.78, 5) is 26.7. The second kappa shape index (κ2) is 8.66. The van der Waals surface area contributed by atoms with Gasteiger partial charge >= 0.3 is 0 Å². The van der Waals surface area contributed by atoms with Gasteiger partial charge in [-0.1, -0.05) is 18.2 Å². The molecule has 2 aromatic carbocycles. The van der Waals surface area contributed by atoms with Gasteiger partial charge in [0.1, 0.15) is 12.3 Å². The third kappa shape index (κ3) is 4.95. The summed E-state index contributed by atoms with van der Waals surface area (Å²) in [5, 5.41) is 2.80. The molecule has 0 saturated heterocycles. The SMILES string of the molecule is O=C(CN(Cc1ccco1)C(=O)c1ccc(I)cc1)Nc1ccccc1. The van der Waals surface area contributed by atoms with Crippen LogP contribution in [0.2, 0.25) is 0 Å². The standard InChI is InChI=1S/C20H17IN2O3/c21-16-10-8-15(9-11-16)20(25)23(13-18-7-4-12-26-18)14-19(24)22-17-5-2-1-3-6-17/h1-12H,13-14H2,(H,22,24). The van der Waals surface area contributed by atoms with E-state index in [1.54, 1.807) is 42.7 Å². The van der Waals surface area contributed by atoms with E-state index in [-0.39, 0.29) is 24.9 Å². The Balaban J connectivity index is 1.75. The number of rotatable bonds is 6. The molecule has 132 valence electrons. The monoisotopic (exact) mass is 460 g/mol. The minimum atomic E-state index is -0.262. The van der Waals surface area contributed by atoms with E-state index in [2.05, 4.69) is 27.9 Å². The van der Waals surface area contributed by atoms with Gasteiger partial charge < -0.3 is 14.6 Å². The maximum Gasteiger partial charge on any atom is 0.254 e. The van der Waals surface area contributed by atoms with E-state index >= 15 is 0 Å². The molecule has 6 heteroatoms. The number of benzene rings is 2. The van der Waals surface area contributed by atoms with E-state index in [0.717, 1.165) is 3.57 Å². The molecule has 5 nitrogen and oxygen atoms in total. The summed E-state index contributed by atoms with van der Waals surface area (Å²) in [6.45, 7) is 0.153. The van der Waals surface area contributed by atoms with Gasteiger partial charge in [0.2, 0.25) is 5.91 Å². The molecule has 1 N–H and O–H groups in total. The van der Waals surface area contributed by atoms with Crippen LogP contribution in [0.25, 0.3) is 0 Å². The molecule has 2 amide bonds. The summed E-state index contributed by atoms with van der Waals surface area (Å²) in [6, 6.07) is 19.9. The maximum atomic E-state index is 12.9. The smallest absolute Gasteiger partial charge is 0.254 e. The number of amides is 2. The highest BCUT2D eigenvalue weighted by atomic mass is 127. The zero-order valence-electron chi connectivity index (χ0n) is 13.9. The van der Waals surface area contributed by atoms with Gasteiger partial charge in [-0.2, -0.15) is 0 Å². The molecule has 0 fully saturated rings. The molecule has 0 radical (unpaired) electrons. The van der Waals surface area contributed by atoms with Crippen molar-refractivity contribution in [2.45, 2.75) is 6.54 Å². The molecule has 0 spiro atoms. The van der Waals surface area contributed by atoms with E-state index in [1.165, 1.54) is 4.90 Å². The lowest BCUT2D eigenvalue weighted by atomic mass is 10.2. The van der Waals surface area contributed by atoms with Crippen LogP contribution < -0.4 is 5.32 Å². The molecule has 0 bridgehead atoms. The van der Waals surface area contributed by atoms with Crippen molar-refractivity contribution in [1.29, 1.82) is 0 Å². The number of halogens is 1. The van der Waals surface area contributed by atoms with Gasteiger partial charge in [-0.05, 0) is 71.1 Å². The van der Waals surface area contributed by atoms with Crippen molar-refractivity contribution in [2.75, 3.05) is 11.9 Å². The van der Waals surface area contributed by atoms with E-state index in [1.807, 2.05) is 30.3 Å². The molecular formula is C20H17IN2O3. The first-order chi connectivity index (χ1) is 12.6. The van der Waals surface area contributed by atoms with Crippen molar-refractivity contribution >= 4 is 40.1 Å². The zero-order valence-corrected chi connectivity index (χ0v) is 16.0. The fraction of sp³-hybridized carbons (Fsp3) is 0.100. The maximum absolute atomic E-state index is 12.9. The number of hydrogen-bond acceptors (Lipinski definition) is 3. The highest BCUT2D eigenvalue weighted by Gasteiger charge is 2.20. The van der Waals surface area contributed by atoms with E-state index in [9.17, 15) is 9.59 Å². The van der Waals surface area contributed by atoms with Crippen LogP contribution in [0, 0.1) is 3.57 Å². The molecule has 1 aromatic heterocycles. The van der Waals surface area contributed by atoms with Crippen LogP contribution >= 0.6 is 22.6 Å². The van der Waals surface area contributed by atoms with E-state index in [0.29, 0.717) is 17.0 Å². The van der Waals surface area contributed by atoms with E-state index < -0.39 is 0 Å². The molecule has 0 unspecified atom stereocenters. The Hall–Kier alpha value is -2.61. The highest BCUT2D eigenvalue weighted by Crippen LogP contribution is 2.13. The molecule has 0 aliphatic carbocycles. The summed E-state index contributed by atoms with van der Waals surface area (Å²) in [5.41, 5.74) is 1.22. The number of nitrogens with one attached hydrogen (secondary N) is 1. The summed E-state index contributed by atoms with van der Waals surface area (Å²) in [5.74, 6) is 0.138. The number of hydrogen-bond donors (Lipinski definition) is 1. The third-order valence-electron chi connectivity index (χ3n) is 3.70. The molecule has 0 atom stereocenters. The Labute approximate surface area is 165 Å². The van der Waals surface area contributed by atoms with Crippen molar-refractivity contribution in [2.24, 2.45) is 0 Å². The number of para-hydroxylation sites is 1. The molecular weight excluding hydrogens is 443 g/mol. The quantitative estimate of drug-likeness (QED) is 0.562. The number of furan rings is 1. The van der Waals surface area contributed by atoms with Crippen molar-refractivity contribution in [3.8, 4) is 0 Å². The predicted octanol–water partition coefficient (Wildman–Crippen LogP) is 4.17. The Morgan fingerprint density at radius 3 is 2.35 bits per heavy atom. The molecule has 1 heterocycles. The number of carbonyl (C=O) groups is 2. The van der Waals surface area contributed by atoms with Gasteiger partial charge in [0, 0.05) is 14.8 Å². The third-order valence-corrected chi connectivity index (χ3v) is 4.42. The van der Waals surface area contributed by atoms with Crippen LogP contribution in [-0.4, -0.2) is 23.3 Å². The molecule has 0 saturated carbocycles.